The predicted octanol–water partition coefficient (Wildman–Crippen LogP) is 4.84. The van der Waals surface area contributed by atoms with Crippen LogP contribution < -0.4 is 0 Å². The molecule has 1 amide bonds. The highest BCUT2D eigenvalue weighted by Crippen LogP contribution is 2.28. The second-order valence-electron chi connectivity index (χ2n) is 7.30. The number of carbonyl (C=O) groups excluding carboxylic acids is 1. The minimum Gasteiger partial charge on any atom is -0.342 e. The molecule has 28 heavy (non-hydrogen) atoms. The van der Waals surface area contributed by atoms with Crippen LogP contribution in [-0.2, 0) is 11.2 Å². The number of pyridine rings is 1. The number of amides is 1. The molecule has 0 aliphatic carbocycles. The van der Waals surface area contributed by atoms with E-state index in [4.69, 9.17) is 4.98 Å². The van der Waals surface area contributed by atoms with Crippen LogP contribution in [0.5, 0.6) is 0 Å². The topological polar surface area (TPSA) is 33.2 Å². The van der Waals surface area contributed by atoms with Crippen molar-refractivity contribution in [1.29, 1.82) is 0 Å². The minimum atomic E-state index is -0.250. The lowest BCUT2D eigenvalue weighted by Gasteiger charge is -2.32. The molecule has 1 fully saturated rings. The first-order chi connectivity index (χ1) is 13.7. The number of benzene rings is 2. The van der Waals surface area contributed by atoms with Crippen LogP contribution in [-0.4, -0.2) is 28.9 Å². The van der Waals surface area contributed by atoms with Crippen molar-refractivity contribution in [2.24, 2.45) is 0 Å². The lowest BCUT2D eigenvalue weighted by molar-refractivity contribution is -0.131. The van der Waals surface area contributed by atoms with Crippen molar-refractivity contribution >= 4 is 5.91 Å². The van der Waals surface area contributed by atoms with Crippen LogP contribution in [0.3, 0.4) is 0 Å². The van der Waals surface area contributed by atoms with E-state index in [0.717, 1.165) is 41.9 Å². The number of nitrogens with zero attached hydrogens (tertiary/aromatic N) is 2. The Morgan fingerprint density at radius 3 is 2.57 bits per heavy atom. The molecule has 0 saturated carbocycles. The number of likely N-dealkylation sites (tertiary alicyclic amines) is 1. The molecule has 0 spiro atoms. The van der Waals surface area contributed by atoms with Crippen molar-refractivity contribution in [2.45, 2.75) is 25.2 Å². The van der Waals surface area contributed by atoms with Crippen molar-refractivity contribution in [3.63, 3.8) is 0 Å². The molecule has 0 unspecified atom stereocenters. The van der Waals surface area contributed by atoms with Gasteiger partial charge in [0.15, 0.2) is 0 Å². The number of halogens is 1. The Morgan fingerprint density at radius 2 is 1.79 bits per heavy atom. The predicted molar refractivity (Wildman–Crippen MR) is 108 cm³/mol. The number of aromatic nitrogens is 1. The van der Waals surface area contributed by atoms with Crippen LogP contribution in [0.1, 0.15) is 30.0 Å². The van der Waals surface area contributed by atoms with E-state index in [-0.39, 0.29) is 17.6 Å². The number of hydrogen-bond acceptors (Lipinski definition) is 2. The molecular weight excluding hydrogens is 351 g/mol. The fraction of sp³-hybridized carbons (Fsp3) is 0.250. The summed E-state index contributed by atoms with van der Waals surface area (Å²) in [5.74, 6) is 0.152. The third-order valence-corrected chi connectivity index (χ3v) is 5.30. The van der Waals surface area contributed by atoms with Crippen LogP contribution in [0.2, 0.25) is 0 Å². The van der Waals surface area contributed by atoms with E-state index in [2.05, 4.69) is 0 Å². The molecular formula is C24H23FN2O. The second-order valence-corrected chi connectivity index (χ2v) is 7.30. The van der Waals surface area contributed by atoms with Crippen LogP contribution in [0.4, 0.5) is 4.39 Å². The molecule has 1 aliphatic heterocycles. The lowest BCUT2D eigenvalue weighted by Crippen LogP contribution is -2.40. The zero-order valence-electron chi connectivity index (χ0n) is 15.7. The average Bonchev–Trinajstić information content (AvgIpc) is 2.75. The maximum atomic E-state index is 13.2. The van der Waals surface area contributed by atoms with E-state index in [1.165, 1.54) is 12.1 Å². The van der Waals surface area contributed by atoms with Crippen molar-refractivity contribution in [1.82, 2.24) is 9.88 Å². The Hall–Kier alpha value is -3.01. The van der Waals surface area contributed by atoms with Gasteiger partial charge in [0.05, 0.1) is 12.1 Å². The van der Waals surface area contributed by atoms with Gasteiger partial charge in [0.25, 0.3) is 0 Å². The highest BCUT2D eigenvalue weighted by molar-refractivity contribution is 5.79. The average molecular weight is 374 g/mol. The monoisotopic (exact) mass is 374 g/mol. The van der Waals surface area contributed by atoms with Gasteiger partial charge in [-0.15, -0.1) is 0 Å². The summed E-state index contributed by atoms with van der Waals surface area (Å²) in [4.78, 5) is 19.5. The van der Waals surface area contributed by atoms with Gasteiger partial charge in [0.2, 0.25) is 5.91 Å². The van der Waals surface area contributed by atoms with Gasteiger partial charge in [-0.3, -0.25) is 9.78 Å². The van der Waals surface area contributed by atoms with E-state index < -0.39 is 0 Å². The van der Waals surface area contributed by atoms with Gasteiger partial charge in [-0.05, 0) is 54.8 Å². The van der Waals surface area contributed by atoms with Gasteiger partial charge in [-0.2, -0.15) is 0 Å². The van der Waals surface area contributed by atoms with E-state index in [9.17, 15) is 9.18 Å². The van der Waals surface area contributed by atoms with Crippen molar-refractivity contribution in [2.75, 3.05) is 13.1 Å². The van der Waals surface area contributed by atoms with Gasteiger partial charge in [-0.1, -0.05) is 36.4 Å². The number of rotatable bonds is 4. The third-order valence-electron chi connectivity index (χ3n) is 5.30. The van der Waals surface area contributed by atoms with Crippen LogP contribution in [0.25, 0.3) is 11.3 Å². The molecule has 0 bridgehead atoms. The first-order valence-corrected chi connectivity index (χ1v) is 9.73. The normalized spacial score (nSPS) is 16.8. The zero-order chi connectivity index (χ0) is 19.3. The highest BCUT2D eigenvalue weighted by Gasteiger charge is 2.25. The molecule has 4 rings (SSSR count). The van der Waals surface area contributed by atoms with Crippen LogP contribution in [0.15, 0.2) is 72.8 Å². The number of hydrogen-bond donors (Lipinski definition) is 0. The standard InChI is InChI=1S/C24H23FN2O/c25-21-13-11-19(12-14-21)22-9-4-10-23(26-22)20-8-5-15-27(17-20)24(28)16-18-6-2-1-3-7-18/h1-4,6-7,9-14,20H,5,8,15-17H2/t20-/m1/s1. The Morgan fingerprint density at radius 1 is 1.00 bits per heavy atom. The maximum absolute atomic E-state index is 13.2. The molecule has 0 radical (unpaired) electrons. The summed E-state index contributed by atoms with van der Waals surface area (Å²) in [6, 6.07) is 22.2. The molecule has 1 aliphatic rings. The molecule has 3 aromatic rings. The van der Waals surface area contributed by atoms with Gasteiger partial charge >= 0.3 is 0 Å². The number of piperidine rings is 1. The summed E-state index contributed by atoms with van der Waals surface area (Å²) < 4.78 is 13.2. The van der Waals surface area contributed by atoms with E-state index in [0.29, 0.717) is 13.0 Å². The fourth-order valence-corrected chi connectivity index (χ4v) is 3.79. The third kappa shape index (κ3) is 4.28. The Labute approximate surface area is 164 Å². The van der Waals surface area contributed by atoms with Crippen LogP contribution in [0, 0.1) is 5.82 Å². The van der Waals surface area contributed by atoms with Crippen LogP contribution >= 0.6 is 0 Å². The first kappa shape index (κ1) is 18.4. The molecule has 1 atom stereocenters. The number of carbonyl (C=O) groups is 1. The molecule has 0 N–H and O–H groups in total. The Bertz CT molecular complexity index is 940. The molecule has 3 nitrogen and oxygen atoms in total. The smallest absolute Gasteiger partial charge is 0.227 e. The SMILES string of the molecule is O=C(Cc1ccccc1)N1CCC[C@@H](c2cccc(-c3ccc(F)cc3)n2)C1. The first-order valence-electron chi connectivity index (χ1n) is 9.73. The quantitative estimate of drug-likeness (QED) is 0.655. The summed E-state index contributed by atoms with van der Waals surface area (Å²) in [5.41, 5.74) is 3.78. The molecule has 142 valence electrons. The molecule has 1 saturated heterocycles. The summed E-state index contributed by atoms with van der Waals surface area (Å²) >= 11 is 0. The largest absolute Gasteiger partial charge is 0.342 e. The van der Waals surface area contributed by atoms with Crippen molar-refractivity contribution < 1.29 is 9.18 Å². The maximum Gasteiger partial charge on any atom is 0.227 e. The summed E-state index contributed by atoms with van der Waals surface area (Å²) in [7, 11) is 0. The van der Waals surface area contributed by atoms with Crippen molar-refractivity contribution in [3.8, 4) is 11.3 Å². The molecule has 2 aromatic carbocycles. The molecule has 4 heteroatoms. The molecule has 2 heterocycles. The lowest BCUT2D eigenvalue weighted by atomic mass is 9.93. The fourth-order valence-electron chi connectivity index (χ4n) is 3.79. The minimum absolute atomic E-state index is 0.172. The Kier molecular flexibility index (Phi) is 5.47. The second kappa shape index (κ2) is 8.34. The van der Waals surface area contributed by atoms with E-state index >= 15 is 0 Å². The van der Waals surface area contributed by atoms with Gasteiger partial charge < -0.3 is 4.90 Å². The summed E-state index contributed by atoms with van der Waals surface area (Å²) in [6.45, 7) is 1.51. The van der Waals surface area contributed by atoms with Gasteiger partial charge in [-0.25, -0.2) is 4.39 Å². The highest BCUT2D eigenvalue weighted by atomic mass is 19.1. The van der Waals surface area contributed by atoms with Crippen molar-refractivity contribution in [3.05, 3.63) is 89.9 Å². The summed E-state index contributed by atoms with van der Waals surface area (Å²) in [6.07, 6.45) is 2.44. The van der Waals surface area contributed by atoms with Gasteiger partial charge in [0, 0.05) is 30.3 Å². The van der Waals surface area contributed by atoms with E-state index in [1.807, 2.05) is 53.4 Å². The Balaban J connectivity index is 1.48. The summed E-state index contributed by atoms with van der Waals surface area (Å²) in [5, 5.41) is 0. The van der Waals surface area contributed by atoms with E-state index in [1.54, 1.807) is 12.1 Å². The zero-order valence-corrected chi connectivity index (χ0v) is 15.7. The molecule has 1 aromatic heterocycles. The van der Waals surface area contributed by atoms with Gasteiger partial charge in [0.1, 0.15) is 5.82 Å².